The Labute approximate surface area is 167 Å². The number of carbonyl (C=O) groups excluding carboxylic acids is 1. The summed E-state index contributed by atoms with van der Waals surface area (Å²) in [4.78, 5) is 16.7. The summed E-state index contributed by atoms with van der Waals surface area (Å²) in [6, 6.07) is 13.4. The predicted octanol–water partition coefficient (Wildman–Crippen LogP) is 3.96. The number of aliphatic hydroxyl groups is 1. The maximum atomic E-state index is 13.0. The number of hydrogen-bond donors (Lipinski definition) is 1. The number of aliphatic hydroxyl groups excluding tert-OH is 1. The van der Waals surface area contributed by atoms with Crippen molar-refractivity contribution in [3.05, 3.63) is 82.2 Å². The molecular formula is C21H20ClFN2O3. The topological polar surface area (TPSA) is 76.2 Å². The summed E-state index contributed by atoms with van der Waals surface area (Å²) in [6.45, 7) is -0.321. The lowest BCUT2D eigenvalue weighted by atomic mass is 9.89. The molecule has 1 aromatic heterocycles. The molecule has 0 bridgehead atoms. The van der Waals surface area contributed by atoms with E-state index in [-0.39, 0.29) is 36.4 Å². The molecule has 0 aliphatic rings. The van der Waals surface area contributed by atoms with E-state index in [1.165, 1.54) is 12.1 Å². The van der Waals surface area contributed by atoms with Gasteiger partial charge in [-0.15, -0.1) is 0 Å². The van der Waals surface area contributed by atoms with Gasteiger partial charge in [-0.2, -0.15) is 4.98 Å². The van der Waals surface area contributed by atoms with Crippen molar-refractivity contribution >= 4 is 17.4 Å². The number of Topliss-reactive ketones (excluding diaryl/α,β-unsaturated/α-hetero) is 1. The van der Waals surface area contributed by atoms with Crippen LogP contribution >= 0.6 is 11.6 Å². The van der Waals surface area contributed by atoms with Gasteiger partial charge < -0.3 is 9.63 Å². The Kier molecular flexibility index (Phi) is 6.90. The van der Waals surface area contributed by atoms with Crippen LogP contribution in [0.1, 0.15) is 29.3 Å². The number of halogens is 2. The fourth-order valence-electron chi connectivity index (χ4n) is 3.09. The highest BCUT2D eigenvalue weighted by molar-refractivity contribution is 6.30. The molecule has 0 aliphatic carbocycles. The summed E-state index contributed by atoms with van der Waals surface area (Å²) in [7, 11) is 0. The van der Waals surface area contributed by atoms with E-state index in [9.17, 15) is 9.18 Å². The molecule has 0 saturated carbocycles. The van der Waals surface area contributed by atoms with Gasteiger partial charge in [0, 0.05) is 24.3 Å². The lowest BCUT2D eigenvalue weighted by Gasteiger charge is -2.15. The molecule has 0 saturated heterocycles. The summed E-state index contributed by atoms with van der Waals surface area (Å²) in [5.41, 5.74) is 1.83. The smallest absolute Gasteiger partial charge is 0.252 e. The van der Waals surface area contributed by atoms with Crippen LogP contribution in [-0.2, 0) is 30.7 Å². The molecular weight excluding hydrogens is 383 g/mol. The van der Waals surface area contributed by atoms with Gasteiger partial charge in [0.2, 0.25) is 0 Å². The van der Waals surface area contributed by atoms with Crippen LogP contribution in [-0.4, -0.2) is 21.0 Å². The van der Waals surface area contributed by atoms with Gasteiger partial charge in [-0.05, 0) is 47.7 Å². The number of nitrogens with zero attached hydrogens (tertiary/aromatic N) is 2. The third-order valence-electron chi connectivity index (χ3n) is 4.39. The SMILES string of the molecule is O=C(Cc1ccc(F)cc1)C[C@@H](Cc1ccc(Cl)cc1)Cc1noc(CO)n1. The second-order valence-electron chi connectivity index (χ2n) is 6.71. The molecule has 2 aromatic carbocycles. The highest BCUT2D eigenvalue weighted by atomic mass is 35.5. The second-order valence-corrected chi connectivity index (χ2v) is 7.15. The van der Waals surface area contributed by atoms with Crippen LogP contribution in [0.3, 0.4) is 0 Å². The quantitative estimate of drug-likeness (QED) is 0.586. The molecule has 3 rings (SSSR count). The molecule has 5 nitrogen and oxygen atoms in total. The number of carbonyl (C=O) groups is 1. The molecule has 0 unspecified atom stereocenters. The largest absolute Gasteiger partial charge is 0.387 e. The number of benzene rings is 2. The van der Waals surface area contributed by atoms with Gasteiger partial charge in [-0.1, -0.05) is 41.0 Å². The van der Waals surface area contributed by atoms with Gasteiger partial charge in [0.05, 0.1) is 0 Å². The molecule has 146 valence electrons. The van der Waals surface area contributed by atoms with Crippen molar-refractivity contribution in [2.75, 3.05) is 0 Å². The average Bonchev–Trinajstić information content (AvgIpc) is 3.13. The van der Waals surface area contributed by atoms with E-state index in [2.05, 4.69) is 10.1 Å². The fourth-order valence-corrected chi connectivity index (χ4v) is 3.22. The van der Waals surface area contributed by atoms with Gasteiger partial charge in [0.1, 0.15) is 18.2 Å². The van der Waals surface area contributed by atoms with Crippen LogP contribution in [0.2, 0.25) is 5.02 Å². The molecule has 28 heavy (non-hydrogen) atoms. The molecule has 3 aromatic rings. The lowest BCUT2D eigenvalue weighted by Crippen LogP contribution is -2.16. The van der Waals surface area contributed by atoms with Gasteiger partial charge >= 0.3 is 0 Å². The molecule has 1 atom stereocenters. The van der Waals surface area contributed by atoms with Crippen molar-refractivity contribution in [2.24, 2.45) is 5.92 Å². The van der Waals surface area contributed by atoms with E-state index in [1.54, 1.807) is 12.1 Å². The Hall–Kier alpha value is -2.57. The zero-order chi connectivity index (χ0) is 19.9. The maximum Gasteiger partial charge on any atom is 0.252 e. The van der Waals surface area contributed by atoms with Crippen LogP contribution in [0, 0.1) is 11.7 Å². The van der Waals surface area contributed by atoms with Crippen LogP contribution in [0.4, 0.5) is 4.39 Å². The van der Waals surface area contributed by atoms with Crippen molar-refractivity contribution < 1.29 is 18.8 Å². The minimum absolute atomic E-state index is 0.0433. The summed E-state index contributed by atoms with van der Waals surface area (Å²) < 4.78 is 18.0. The predicted molar refractivity (Wildman–Crippen MR) is 102 cm³/mol. The zero-order valence-electron chi connectivity index (χ0n) is 15.1. The zero-order valence-corrected chi connectivity index (χ0v) is 15.9. The minimum atomic E-state index is -0.325. The van der Waals surface area contributed by atoms with E-state index < -0.39 is 0 Å². The number of rotatable bonds is 9. The van der Waals surface area contributed by atoms with Crippen molar-refractivity contribution in [1.29, 1.82) is 0 Å². The summed E-state index contributed by atoms with van der Waals surface area (Å²) in [5, 5.41) is 13.6. The van der Waals surface area contributed by atoms with Crippen molar-refractivity contribution in [2.45, 2.75) is 32.3 Å². The third-order valence-corrected chi connectivity index (χ3v) is 4.64. The first-order chi connectivity index (χ1) is 13.5. The number of hydrogen-bond acceptors (Lipinski definition) is 5. The number of ketones is 1. The maximum absolute atomic E-state index is 13.0. The first kappa shape index (κ1) is 20.2. The Bertz CT molecular complexity index is 910. The van der Waals surface area contributed by atoms with E-state index >= 15 is 0 Å². The molecule has 0 radical (unpaired) electrons. The molecule has 1 heterocycles. The Morgan fingerprint density at radius 2 is 1.75 bits per heavy atom. The molecule has 7 heteroatoms. The monoisotopic (exact) mass is 402 g/mol. The molecule has 1 N–H and O–H groups in total. The standard InChI is InChI=1S/C21H20ClFN2O3/c22-17-5-1-14(2-6-17)9-16(12-20-24-21(13-26)28-25-20)11-19(27)10-15-3-7-18(23)8-4-15/h1-8,16,26H,9-13H2/t16-/m1/s1. The molecule has 0 spiro atoms. The van der Waals surface area contributed by atoms with Crippen LogP contribution in [0.15, 0.2) is 53.1 Å². The van der Waals surface area contributed by atoms with Gasteiger partial charge in [-0.3, -0.25) is 4.79 Å². The van der Waals surface area contributed by atoms with Crippen molar-refractivity contribution in [3.63, 3.8) is 0 Å². The first-order valence-electron chi connectivity index (χ1n) is 8.94. The Balaban J connectivity index is 1.69. The van der Waals surface area contributed by atoms with E-state index in [0.29, 0.717) is 30.1 Å². The van der Waals surface area contributed by atoms with Crippen molar-refractivity contribution in [1.82, 2.24) is 10.1 Å². The summed E-state index contributed by atoms with van der Waals surface area (Å²) in [6.07, 6.45) is 1.66. The number of aromatic nitrogens is 2. The van der Waals surface area contributed by atoms with E-state index in [1.807, 2.05) is 24.3 Å². The second kappa shape index (κ2) is 9.57. The van der Waals surface area contributed by atoms with Crippen LogP contribution in [0.5, 0.6) is 0 Å². The van der Waals surface area contributed by atoms with Crippen LogP contribution in [0.25, 0.3) is 0 Å². The average molecular weight is 403 g/mol. The Morgan fingerprint density at radius 1 is 1.07 bits per heavy atom. The molecule has 0 amide bonds. The summed E-state index contributed by atoms with van der Waals surface area (Å²) >= 11 is 5.95. The van der Waals surface area contributed by atoms with Gasteiger partial charge in [0.25, 0.3) is 5.89 Å². The molecule has 0 aliphatic heterocycles. The van der Waals surface area contributed by atoms with Gasteiger partial charge in [0.15, 0.2) is 5.82 Å². The van der Waals surface area contributed by atoms with E-state index in [0.717, 1.165) is 11.1 Å². The highest BCUT2D eigenvalue weighted by Gasteiger charge is 2.19. The molecule has 0 fully saturated rings. The third kappa shape index (κ3) is 5.97. The highest BCUT2D eigenvalue weighted by Crippen LogP contribution is 2.20. The first-order valence-corrected chi connectivity index (χ1v) is 9.32. The fraction of sp³-hybridized carbons (Fsp3) is 0.286. The summed E-state index contributed by atoms with van der Waals surface area (Å²) in [5.74, 6) is 0.291. The minimum Gasteiger partial charge on any atom is -0.387 e. The van der Waals surface area contributed by atoms with Crippen molar-refractivity contribution in [3.8, 4) is 0 Å². The van der Waals surface area contributed by atoms with Crippen LogP contribution < -0.4 is 0 Å². The van der Waals surface area contributed by atoms with Gasteiger partial charge in [-0.25, -0.2) is 4.39 Å². The Morgan fingerprint density at radius 3 is 2.39 bits per heavy atom. The normalized spacial score (nSPS) is 12.1. The van der Waals surface area contributed by atoms with E-state index in [4.69, 9.17) is 21.2 Å². The lowest BCUT2D eigenvalue weighted by molar-refractivity contribution is -0.119.